The fraction of sp³-hybridized carbons (Fsp3) is 0.571. The van der Waals surface area contributed by atoms with E-state index in [4.69, 9.17) is 10.5 Å². The van der Waals surface area contributed by atoms with Crippen molar-refractivity contribution in [3.05, 3.63) is 29.8 Å². The standard InChI is InChI=1S/C14H23NO/c1-3-5-13(15)9-6-12-7-10-14(11-8-12)16-4-2/h7-8,10-11,13H,3-6,9,15H2,1-2H3. The van der Waals surface area contributed by atoms with Gasteiger partial charge in [-0.1, -0.05) is 25.5 Å². The van der Waals surface area contributed by atoms with Crippen molar-refractivity contribution >= 4 is 0 Å². The lowest BCUT2D eigenvalue weighted by Crippen LogP contribution is -2.20. The van der Waals surface area contributed by atoms with Crippen molar-refractivity contribution in [2.45, 2.75) is 45.6 Å². The summed E-state index contributed by atoms with van der Waals surface area (Å²) in [5, 5.41) is 0. The predicted octanol–water partition coefficient (Wildman–Crippen LogP) is 3.15. The minimum absolute atomic E-state index is 0.344. The normalized spacial score (nSPS) is 12.4. The molecule has 1 unspecified atom stereocenters. The number of rotatable bonds is 7. The van der Waals surface area contributed by atoms with Gasteiger partial charge in [-0.05, 0) is 43.9 Å². The van der Waals surface area contributed by atoms with Crippen LogP contribution in [-0.2, 0) is 6.42 Å². The molecule has 1 aromatic carbocycles. The molecule has 0 aromatic heterocycles. The summed E-state index contributed by atoms with van der Waals surface area (Å²) in [5.74, 6) is 0.948. The van der Waals surface area contributed by atoms with Gasteiger partial charge in [0.2, 0.25) is 0 Å². The summed E-state index contributed by atoms with van der Waals surface area (Å²) in [6.07, 6.45) is 4.43. The fourth-order valence-electron chi connectivity index (χ4n) is 1.79. The van der Waals surface area contributed by atoms with Gasteiger partial charge in [0.1, 0.15) is 5.75 Å². The van der Waals surface area contributed by atoms with Gasteiger partial charge in [0.25, 0.3) is 0 Å². The third-order valence-corrected chi connectivity index (χ3v) is 2.70. The Morgan fingerprint density at radius 1 is 1.12 bits per heavy atom. The van der Waals surface area contributed by atoms with E-state index < -0.39 is 0 Å². The second kappa shape index (κ2) is 7.29. The molecule has 0 saturated carbocycles. The molecule has 1 atom stereocenters. The van der Waals surface area contributed by atoms with Gasteiger partial charge in [-0.3, -0.25) is 0 Å². The molecule has 90 valence electrons. The van der Waals surface area contributed by atoms with Crippen molar-refractivity contribution < 1.29 is 4.74 Å². The Hall–Kier alpha value is -1.02. The van der Waals surface area contributed by atoms with Crippen molar-refractivity contribution in [2.75, 3.05) is 6.61 Å². The van der Waals surface area contributed by atoms with Crippen molar-refractivity contribution in [3.63, 3.8) is 0 Å². The molecule has 1 rings (SSSR count). The average molecular weight is 221 g/mol. The minimum atomic E-state index is 0.344. The molecule has 1 aromatic rings. The predicted molar refractivity (Wildman–Crippen MR) is 68.8 cm³/mol. The van der Waals surface area contributed by atoms with E-state index >= 15 is 0 Å². The minimum Gasteiger partial charge on any atom is -0.494 e. The van der Waals surface area contributed by atoms with Crippen LogP contribution in [-0.4, -0.2) is 12.6 Å². The molecule has 0 aliphatic heterocycles. The SMILES string of the molecule is CCCC(N)CCc1ccc(OCC)cc1. The first-order valence-corrected chi connectivity index (χ1v) is 6.23. The molecule has 0 bridgehead atoms. The van der Waals surface area contributed by atoms with Crippen LogP contribution in [0.15, 0.2) is 24.3 Å². The van der Waals surface area contributed by atoms with E-state index in [9.17, 15) is 0 Å². The van der Waals surface area contributed by atoms with Gasteiger partial charge in [0.15, 0.2) is 0 Å². The lowest BCUT2D eigenvalue weighted by molar-refractivity contribution is 0.340. The molecule has 0 fully saturated rings. The maximum absolute atomic E-state index is 5.98. The van der Waals surface area contributed by atoms with E-state index in [0.29, 0.717) is 6.04 Å². The third kappa shape index (κ3) is 4.67. The number of benzene rings is 1. The molecule has 2 nitrogen and oxygen atoms in total. The van der Waals surface area contributed by atoms with Crippen LogP contribution in [0.25, 0.3) is 0 Å². The van der Waals surface area contributed by atoms with Crippen LogP contribution in [0.5, 0.6) is 5.75 Å². The van der Waals surface area contributed by atoms with Crippen LogP contribution in [0, 0.1) is 0 Å². The van der Waals surface area contributed by atoms with E-state index in [1.165, 1.54) is 12.0 Å². The highest BCUT2D eigenvalue weighted by Crippen LogP contribution is 2.14. The molecule has 0 spiro atoms. The van der Waals surface area contributed by atoms with Gasteiger partial charge in [0, 0.05) is 6.04 Å². The lowest BCUT2D eigenvalue weighted by atomic mass is 10.0. The Bertz CT molecular complexity index is 281. The first-order valence-electron chi connectivity index (χ1n) is 6.23. The van der Waals surface area contributed by atoms with Crippen LogP contribution in [0.3, 0.4) is 0 Å². The molecule has 2 heteroatoms. The maximum atomic E-state index is 5.98. The van der Waals surface area contributed by atoms with E-state index in [1.807, 2.05) is 19.1 Å². The summed E-state index contributed by atoms with van der Waals surface area (Å²) < 4.78 is 5.40. The molecule has 0 saturated heterocycles. The second-order valence-electron chi connectivity index (χ2n) is 4.16. The summed E-state index contributed by atoms with van der Waals surface area (Å²) >= 11 is 0. The van der Waals surface area contributed by atoms with Gasteiger partial charge in [-0.25, -0.2) is 0 Å². The van der Waals surface area contributed by atoms with Crippen molar-refractivity contribution in [2.24, 2.45) is 5.73 Å². The summed E-state index contributed by atoms with van der Waals surface area (Å²) in [4.78, 5) is 0. The summed E-state index contributed by atoms with van der Waals surface area (Å²) in [6.45, 7) is 4.90. The number of ether oxygens (including phenoxy) is 1. The molecule has 0 aliphatic rings. The Labute approximate surface area is 98.8 Å². The second-order valence-corrected chi connectivity index (χ2v) is 4.16. The quantitative estimate of drug-likeness (QED) is 0.767. The molecule has 0 heterocycles. The number of nitrogens with two attached hydrogens (primary N) is 1. The number of hydrogen-bond acceptors (Lipinski definition) is 2. The lowest BCUT2D eigenvalue weighted by Gasteiger charge is -2.10. The van der Waals surface area contributed by atoms with Crippen molar-refractivity contribution in [1.29, 1.82) is 0 Å². The van der Waals surface area contributed by atoms with E-state index in [1.54, 1.807) is 0 Å². The first-order chi connectivity index (χ1) is 7.76. The zero-order valence-corrected chi connectivity index (χ0v) is 10.4. The van der Waals surface area contributed by atoms with Gasteiger partial charge >= 0.3 is 0 Å². The van der Waals surface area contributed by atoms with Gasteiger partial charge in [0.05, 0.1) is 6.61 Å². The largest absolute Gasteiger partial charge is 0.494 e. The molecule has 2 N–H and O–H groups in total. The van der Waals surface area contributed by atoms with Gasteiger partial charge in [-0.2, -0.15) is 0 Å². The molecule has 16 heavy (non-hydrogen) atoms. The van der Waals surface area contributed by atoms with E-state index in [2.05, 4.69) is 19.1 Å². The van der Waals surface area contributed by atoms with Crippen LogP contribution in [0.2, 0.25) is 0 Å². The van der Waals surface area contributed by atoms with Crippen LogP contribution >= 0.6 is 0 Å². The zero-order valence-electron chi connectivity index (χ0n) is 10.4. The Kier molecular flexibility index (Phi) is 5.94. The van der Waals surface area contributed by atoms with E-state index in [0.717, 1.165) is 31.6 Å². The highest BCUT2D eigenvalue weighted by molar-refractivity contribution is 5.27. The summed E-state index contributed by atoms with van der Waals surface area (Å²) in [5.41, 5.74) is 7.33. The van der Waals surface area contributed by atoms with E-state index in [-0.39, 0.29) is 0 Å². The molecular weight excluding hydrogens is 198 g/mol. The number of hydrogen-bond donors (Lipinski definition) is 1. The van der Waals surface area contributed by atoms with Crippen LogP contribution in [0.1, 0.15) is 38.7 Å². The summed E-state index contributed by atoms with van der Waals surface area (Å²) in [6, 6.07) is 8.67. The maximum Gasteiger partial charge on any atom is 0.119 e. The zero-order chi connectivity index (χ0) is 11.8. The Morgan fingerprint density at radius 3 is 2.38 bits per heavy atom. The Balaban J connectivity index is 2.37. The van der Waals surface area contributed by atoms with Crippen molar-refractivity contribution in [1.82, 2.24) is 0 Å². The monoisotopic (exact) mass is 221 g/mol. The number of aryl methyl sites for hydroxylation is 1. The van der Waals surface area contributed by atoms with Gasteiger partial charge < -0.3 is 10.5 Å². The summed E-state index contributed by atoms with van der Waals surface area (Å²) in [7, 11) is 0. The van der Waals surface area contributed by atoms with Gasteiger partial charge in [-0.15, -0.1) is 0 Å². The highest BCUT2D eigenvalue weighted by Gasteiger charge is 2.02. The Morgan fingerprint density at radius 2 is 1.81 bits per heavy atom. The molecule has 0 amide bonds. The average Bonchev–Trinajstić information content (AvgIpc) is 2.29. The third-order valence-electron chi connectivity index (χ3n) is 2.70. The van der Waals surface area contributed by atoms with Crippen molar-refractivity contribution in [3.8, 4) is 5.75 Å². The fourth-order valence-corrected chi connectivity index (χ4v) is 1.79. The topological polar surface area (TPSA) is 35.2 Å². The molecule has 0 radical (unpaired) electrons. The molecule has 0 aliphatic carbocycles. The van der Waals surface area contributed by atoms with Crippen LogP contribution < -0.4 is 10.5 Å². The van der Waals surface area contributed by atoms with Crippen LogP contribution in [0.4, 0.5) is 0 Å². The highest BCUT2D eigenvalue weighted by atomic mass is 16.5. The first kappa shape index (κ1) is 13.0. The molecular formula is C14H23NO. The smallest absolute Gasteiger partial charge is 0.119 e.